The Balaban J connectivity index is 0.000000199. The lowest BCUT2D eigenvalue weighted by molar-refractivity contribution is -0.146. The van der Waals surface area contributed by atoms with Gasteiger partial charge in [0.15, 0.2) is 12.5 Å². The molecule has 0 radical (unpaired) electrons. The number of aromatic nitrogens is 8. The van der Waals surface area contributed by atoms with Gasteiger partial charge in [-0.2, -0.15) is 15.3 Å². The van der Waals surface area contributed by atoms with E-state index in [9.17, 15) is 9.59 Å². The smallest absolute Gasteiger partial charge is 0.314 e. The predicted octanol–water partition coefficient (Wildman–Crippen LogP) is 4.86. The Labute approximate surface area is 302 Å². The van der Waals surface area contributed by atoms with Crippen molar-refractivity contribution in [1.82, 2.24) is 44.2 Å². The Morgan fingerprint density at radius 3 is 2.10 bits per heavy atom. The van der Waals surface area contributed by atoms with Crippen LogP contribution in [0.15, 0.2) is 41.5 Å². The van der Waals surface area contributed by atoms with Crippen LogP contribution in [0.4, 0.5) is 17.3 Å². The maximum absolute atomic E-state index is 13.4. The average molecular weight is 764 g/mol. The molecule has 16 nitrogen and oxygen atoms in total. The number of hydrogen-bond donors (Lipinski definition) is 3. The van der Waals surface area contributed by atoms with Gasteiger partial charge in [-0.15, -0.1) is 0 Å². The molecule has 0 aromatic carbocycles. The first-order valence-corrected chi connectivity index (χ1v) is 18.2. The van der Waals surface area contributed by atoms with Crippen LogP contribution in [0.25, 0.3) is 21.8 Å². The monoisotopic (exact) mass is 762 g/mol. The molecule has 270 valence electrons. The zero-order chi connectivity index (χ0) is 35.6. The molecule has 0 saturated carbocycles. The summed E-state index contributed by atoms with van der Waals surface area (Å²) in [6.45, 7) is 4.03. The second-order valence-corrected chi connectivity index (χ2v) is 14.3. The lowest BCUT2D eigenvalue weighted by Gasteiger charge is -2.37. The number of nitrogens with one attached hydrogen (secondary N) is 1. The highest BCUT2D eigenvalue weighted by molar-refractivity contribution is 9.10. The summed E-state index contributed by atoms with van der Waals surface area (Å²) in [5, 5.41) is 17.6. The number of pyridine rings is 2. The fourth-order valence-corrected chi connectivity index (χ4v) is 7.59. The average Bonchev–Trinajstić information content (AvgIpc) is 3.91. The van der Waals surface area contributed by atoms with Crippen molar-refractivity contribution in [3.05, 3.63) is 47.2 Å². The third kappa shape index (κ3) is 7.14. The van der Waals surface area contributed by atoms with Gasteiger partial charge in [0, 0.05) is 39.2 Å². The topological polar surface area (TPSA) is 199 Å². The van der Waals surface area contributed by atoms with Gasteiger partial charge in [0.2, 0.25) is 0 Å². The molecule has 17 heteroatoms. The van der Waals surface area contributed by atoms with Crippen LogP contribution in [0, 0.1) is 5.92 Å². The summed E-state index contributed by atoms with van der Waals surface area (Å²) in [7, 11) is 1.84. The van der Waals surface area contributed by atoms with Gasteiger partial charge in [-0.25, -0.2) is 19.3 Å². The van der Waals surface area contributed by atoms with Crippen molar-refractivity contribution < 1.29 is 19.1 Å². The van der Waals surface area contributed by atoms with Crippen LogP contribution >= 0.6 is 15.9 Å². The van der Waals surface area contributed by atoms with Gasteiger partial charge in [0.25, 0.3) is 0 Å². The second-order valence-electron chi connectivity index (χ2n) is 13.4. The van der Waals surface area contributed by atoms with E-state index in [0.717, 1.165) is 72.6 Å². The normalized spacial score (nSPS) is 22.5. The van der Waals surface area contributed by atoms with Gasteiger partial charge >= 0.3 is 11.8 Å². The highest BCUT2D eigenvalue weighted by Gasteiger charge is 2.36. The summed E-state index contributed by atoms with van der Waals surface area (Å²) in [4.78, 5) is 36.5. The van der Waals surface area contributed by atoms with Crippen LogP contribution in [0.1, 0.15) is 82.5 Å². The summed E-state index contributed by atoms with van der Waals surface area (Å²) >= 11 is 3.49. The number of aryl methyl sites for hydroxylation is 1. The Kier molecular flexibility index (Phi) is 10.2. The van der Waals surface area contributed by atoms with E-state index in [1.54, 1.807) is 32.9 Å². The largest absolute Gasteiger partial charge is 0.383 e. The molecule has 8 rings (SSSR count). The number of hydrogen-bond acceptors (Lipinski definition) is 11. The molecule has 3 aliphatic heterocycles. The minimum absolute atomic E-state index is 0.0133. The number of carbonyl (C=O) groups is 2. The quantitative estimate of drug-likeness (QED) is 0.211. The lowest BCUT2D eigenvalue weighted by atomic mass is 9.92. The molecule has 4 unspecified atom stereocenters. The van der Waals surface area contributed by atoms with E-state index in [-0.39, 0.29) is 18.5 Å². The lowest BCUT2D eigenvalue weighted by Crippen LogP contribution is -2.46. The predicted molar refractivity (Wildman–Crippen MR) is 194 cm³/mol. The molecule has 4 atom stereocenters. The summed E-state index contributed by atoms with van der Waals surface area (Å²) in [5.41, 5.74) is 14.7. The van der Waals surface area contributed by atoms with Crippen LogP contribution in [0.2, 0.25) is 0 Å². The van der Waals surface area contributed by atoms with Crippen LogP contribution in [-0.2, 0) is 26.1 Å². The molecule has 5 N–H and O–H groups in total. The van der Waals surface area contributed by atoms with Gasteiger partial charge in [0.05, 0.1) is 56.8 Å². The van der Waals surface area contributed by atoms with Gasteiger partial charge in [0.1, 0.15) is 17.2 Å². The number of rotatable bonds is 4. The molecule has 8 heterocycles. The van der Waals surface area contributed by atoms with Crippen LogP contribution < -0.4 is 16.8 Å². The number of carbonyl (C=O) groups excluding carboxylic acids is 2. The Morgan fingerprint density at radius 1 is 0.863 bits per heavy atom. The Hall–Kier alpha value is -4.61. The number of nitrogens with zero attached hydrogens (tertiary/aromatic N) is 9. The summed E-state index contributed by atoms with van der Waals surface area (Å²) in [6, 6.07) is 1.66. The standard InChI is InChI=1S/C23H30N8O3.C11H13BrN4O/c1-14-6-7-18(16-8-9-29(2)28-16)30(13-14)23(33)22(32)27-17-12-25-21(24)15-11-26-31(20(15)17)19-5-3-4-10-34-19;12-8-6-14-11(13)7-5-15-16(10(7)8)9-3-1-2-4-17-9/h8-9,11-12,14,18-19H,3-7,10,13H2,1-2H3,(H2,24,25)(H,27,32);5-6,9H,1-4H2,(H2,13,14). The summed E-state index contributed by atoms with van der Waals surface area (Å²) in [6.07, 6.45) is 16.0. The second kappa shape index (κ2) is 14.9. The highest BCUT2D eigenvalue weighted by atomic mass is 79.9. The number of nitrogens with two attached hydrogens (primary N) is 2. The molecule has 0 aliphatic carbocycles. The molecule has 2 amide bonds. The molecule has 3 aliphatic rings. The number of halogens is 1. The van der Waals surface area contributed by atoms with Gasteiger partial charge < -0.3 is 31.2 Å². The van der Waals surface area contributed by atoms with Crippen molar-refractivity contribution >= 4 is 66.9 Å². The first-order valence-electron chi connectivity index (χ1n) is 17.4. The van der Waals surface area contributed by atoms with E-state index in [1.165, 1.54) is 12.6 Å². The Bertz CT molecular complexity index is 2030. The van der Waals surface area contributed by atoms with Crippen molar-refractivity contribution in [3.63, 3.8) is 0 Å². The van der Waals surface area contributed by atoms with E-state index < -0.39 is 11.8 Å². The maximum Gasteiger partial charge on any atom is 0.314 e. The van der Waals surface area contributed by atoms with Gasteiger partial charge in [-0.3, -0.25) is 14.3 Å². The molecule has 5 aromatic heterocycles. The number of nitrogen functional groups attached to an aromatic ring is 2. The molecular weight excluding hydrogens is 720 g/mol. The van der Waals surface area contributed by atoms with E-state index >= 15 is 0 Å². The van der Waals surface area contributed by atoms with E-state index in [1.807, 2.05) is 24.0 Å². The third-order valence-corrected chi connectivity index (χ3v) is 10.3. The minimum Gasteiger partial charge on any atom is -0.383 e. The fraction of sp³-hybridized carbons (Fsp3) is 0.500. The van der Waals surface area contributed by atoms with Crippen molar-refractivity contribution in [2.24, 2.45) is 13.0 Å². The fourth-order valence-electron chi connectivity index (χ4n) is 7.09. The number of likely N-dealkylation sites (tertiary alicyclic amines) is 1. The third-order valence-electron chi connectivity index (χ3n) is 9.73. The molecule has 3 saturated heterocycles. The number of fused-ring (bicyclic) bond motifs is 2. The molecular formula is C34H43BrN12O4. The molecule has 5 aromatic rings. The summed E-state index contributed by atoms with van der Waals surface area (Å²) < 4.78 is 17.9. The highest BCUT2D eigenvalue weighted by Crippen LogP contribution is 2.35. The van der Waals surface area contributed by atoms with E-state index in [2.05, 4.69) is 53.4 Å². The van der Waals surface area contributed by atoms with Crippen molar-refractivity contribution in [3.8, 4) is 0 Å². The number of amides is 2. The first-order chi connectivity index (χ1) is 24.7. The maximum atomic E-state index is 13.4. The van der Waals surface area contributed by atoms with Crippen molar-refractivity contribution in [2.45, 2.75) is 76.8 Å². The van der Waals surface area contributed by atoms with Crippen LogP contribution in [-0.4, -0.2) is 75.8 Å². The number of piperidine rings is 1. The molecule has 3 fully saturated rings. The van der Waals surface area contributed by atoms with Crippen LogP contribution in [0.5, 0.6) is 0 Å². The van der Waals surface area contributed by atoms with Gasteiger partial charge in [-0.1, -0.05) is 6.92 Å². The molecule has 51 heavy (non-hydrogen) atoms. The molecule has 0 bridgehead atoms. The van der Waals surface area contributed by atoms with Crippen LogP contribution in [0.3, 0.4) is 0 Å². The van der Waals surface area contributed by atoms with E-state index in [0.29, 0.717) is 47.3 Å². The first kappa shape index (κ1) is 34.8. The minimum atomic E-state index is -0.722. The molecule has 0 spiro atoms. The number of anilines is 3. The zero-order valence-corrected chi connectivity index (χ0v) is 30.3. The SMILES string of the molecule is CC1CCC(c2ccn(C)n2)N(C(=O)C(=O)Nc2cnc(N)c3cnn(C4CCCCO4)c23)C1.Nc1ncc(Br)c2c1cnn2C1CCCCO1. The Morgan fingerprint density at radius 2 is 1.49 bits per heavy atom. The van der Waals surface area contributed by atoms with E-state index in [4.69, 9.17) is 20.9 Å². The van der Waals surface area contributed by atoms with Crippen molar-refractivity contribution in [2.75, 3.05) is 36.5 Å². The zero-order valence-electron chi connectivity index (χ0n) is 28.7. The number of ether oxygens (including phenoxy) is 2. The van der Waals surface area contributed by atoms with Crippen molar-refractivity contribution in [1.29, 1.82) is 0 Å². The summed E-state index contributed by atoms with van der Waals surface area (Å²) in [5.74, 6) is -0.203. The van der Waals surface area contributed by atoms with Gasteiger partial charge in [-0.05, 0) is 79.3 Å².